The van der Waals surface area contributed by atoms with Crippen LogP contribution in [0, 0.1) is 12.3 Å². The third kappa shape index (κ3) is 6.85. The maximum Gasteiger partial charge on any atom is 0.315 e. The minimum absolute atomic E-state index is 0.142. The summed E-state index contributed by atoms with van der Waals surface area (Å²) in [7, 11) is 0. The summed E-state index contributed by atoms with van der Waals surface area (Å²) >= 11 is 0. The molecule has 156 valence electrons. The van der Waals surface area contributed by atoms with E-state index in [4.69, 9.17) is 11.2 Å². The molecule has 0 saturated heterocycles. The van der Waals surface area contributed by atoms with Crippen molar-refractivity contribution in [1.29, 1.82) is 0 Å². The zero-order valence-electron chi connectivity index (χ0n) is 16.9. The number of anilines is 1. The lowest BCUT2D eigenvalue weighted by atomic mass is 9.98. The van der Waals surface area contributed by atoms with Gasteiger partial charge in [-0.1, -0.05) is 30.5 Å². The summed E-state index contributed by atoms with van der Waals surface area (Å²) < 4.78 is 6.06. The number of terminal acetylenes is 1. The molecular weight excluding hydrogens is 378 g/mol. The zero-order valence-corrected chi connectivity index (χ0v) is 16.9. The molecule has 1 saturated carbocycles. The van der Waals surface area contributed by atoms with E-state index in [1.54, 1.807) is 24.3 Å². The van der Waals surface area contributed by atoms with Crippen LogP contribution >= 0.6 is 0 Å². The van der Waals surface area contributed by atoms with Crippen molar-refractivity contribution in [2.24, 2.45) is 0 Å². The number of amides is 3. The van der Waals surface area contributed by atoms with Crippen LogP contribution in [-0.4, -0.2) is 24.6 Å². The summed E-state index contributed by atoms with van der Waals surface area (Å²) in [6, 6.07) is 14.3. The summed E-state index contributed by atoms with van der Waals surface area (Å²) in [4.78, 5) is 24.0. The molecule has 0 aliphatic heterocycles. The third-order valence-electron chi connectivity index (χ3n) is 4.93. The van der Waals surface area contributed by atoms with Crippen molar-refractivity contribution in [3.05, 3.63) is 59.7 Å². The second-order valence-electron chi connectivity index (χ2n) is 7.33. The van der Waals surface area contributed by atoms with E-state index >= 15 is 0 Å². The molecule has 2 aromatic rings. The molecule has 3 amide bonds. The van der Waals surface area contributed by atoms with Crippen LogP contribution in [0.3, 0.4) is 0 Å². The summed E-state index contributed by atoms with van der Waals surface area (Å²) in [5, 5.41) is 8.00. The topological polar surface area (TPSA) is 79.5 Å². The van der Waals surface area contributed by atoms with Crippen molar-refractivity contribution in [3.8, 4) is 18.1 Å². The van der Waals surface area contributed by atoms with E-state index in [1.807, 2.05) is 24.3 Å². The van der Waals surface area contributed by atoms with E-state index in [-0.39, 0.29) is 18.6 Å². The number of ether oxygens (including phenoxy) is 1. The largest absolute Gasteiger partial charge is 0.490 e. The summed E-state index contributed by atoms with van der Waals surface area (Å²) in [5.74, 6) is 3.01. The monoisotopic (exact) mass is 405 g/mol. The lowest BCUT2D eigenvalue weighted by Crippen LogP contribution is -2.39. The number of carbonyl (C=O) groups excluding carboxylic acids is 2. The molecule has 1 fully saturated rings. The smallest absolute Gasteiger partial charge is 0.315 e. The van der Waals surface area contributed by atoms with Gasteiger partial charge in [-0.25, -0.2) is 4.79 Å². The minimum Gasteiger partial charge on any atom is -0.490 e. The standard InChI is InChI=1S/C24H27N3O3/c1-2-18-8-6-10-20(14-18)27-23(28)17-26-24(29)25-16-19-9-7-13-22(15-19)30-21-11-4-3-5-12-21/h1,6-10,13-15,21H,3-5,11-12,16-17H2,(H,27,28)(H2,25,26,29). The van der Waals surface area contributed by atoms with Gasteiger partial charge in [-0.05, 0) is 61.6 Å². The molecule has 0 atom stereocenters. The van der Waals surface area contributed by atoms with E-state index in [9.17, 15) is 9.59 Å². The Bertz CT molecular complexity index is 914. The Hall–Kier alpha value is -3.46. The van der Waals surface area contributed by atoms with Gasteiger partial charge >= 0.3 is 6.03 Å². The van der Waals surface area contributed by atoms with Gasteiger partial charge in [0.05, 0.1) is 12.6 Å². The summed E-state index contributed by atoms with van der Waals surface area (Å²) in [6.45, 7) is 0.205. The van der Waals surface area contributed by atoms with Crippen LogP contribution in [0.25, 0.3) is 0 Å². The fraction of sp³-hybridized carbons (Fsp3) is 0.333. The molecular formula is C24H27N3O3. The van der Waals surface area contributed by atoms with E-state index in [1.165, 1.54) is 19.3 Å². The lowest BCUT2D eigenvalue weighted by Gasteiger charge is -2.23. The Morgan fingerprint density at radius 1 is 1.03 bits per heavy atom. The molecule has 6 heteroatoms. The van der Waals surface area contributed by atoms with E-state index in [0.717, 1.165) is 24.2 Å². The van der Waals surface area contributed by atoms with Gasteiger partial charge in [0.15, 0.2) is 0 Å². The second kappa shape index (κ2) is 10.9. The van der Waals surface area contributed by atoms with Crippen LogP contribution in [0.1, 0.15) is 43.2 Å². The predicted octanol–water partition coefficient (Wildman–Crippen LogP) is 3.82. The number of carbonyl (C=O) groups is 2. The zero-order chi connectivity index (χ0) is 21.2. The number of rotatable bonds is 7. The van der Waals surface area contributed by atoms with Gasteiger partial charge in [-0.2, -0.15) is 0 Å². The first-order chi connectivity index (χ1) is 14.6. The van der Waals surface area contributed by atoms with Crippen molar-refractivity contribution in [2.45, 2.75) is 44.8 Å². The number of urea groups is 1. The molecule has 6 nitrogen and oxygen atoms in total. The van der Waals surface area contributed by atoms with Crippen LogP contribution in [-0.2, 0) is 11.3 Å². The molecule has 1 aliphatic carbocycles. The van der Waals surface area contributed by atoms with Gasteiger partial charge in [0.25, 0.3) is 0 Å². The first-order valence-electron chi connectivity index (χ1n) is 10.3. The molecule has 0 spiro atoms. The third-order valence-corrected chi connectivity index (χ3v) is 4.93. The number of nitrogens with one attached hydrogen (secondary N) is 3. The van der Waals surface area contributed by atoms with Gasteiger partial charge < -0.3 is 20.7 Å². The molecule has 0 bridgehead atoms. The first-order valence-corrected chi connectivity index (χ1v) is 10.3. The van der Waals surface area contributed by atoms with Crippen LogP contribution in [0.4, 0.5) is 10.5 Å². The molecule has 1 aliphatic rings. The van der Waals surface area contributed by atoms with Crippen molar-refractivity contribution >= 4 is 17.6 Å². The van der Waals surface area contributed by atoms with Crippen LogP contribution in [0.15, 0.2) is 48.5 Å². The lowest BCUT2D eigenvalue weighted by molar-refractivity contribution is -0.115. The summed E-state index contributed by atoms with van der Waals surface area (Å²) in [6.07, 6.45) is 11.5. The number of benzene rings is 2. The number of hydrogen-bond donors (Lipinski definition) is 3. The van der Waals surface area contributed by atoms with Crippen LogP contribution in [0.2, 0.25) is 0 Å². The van der Waals surface area contributed by atoms with Crippen LogP contribution < -0.4 is 20.7 Å². The number of hydrogen-bond acceptors (Lipinski definition) is 3. The Morgan fingerprint density at radius 2 is 1.83 bits per heavy atom. The average Bonchev–Trinajstić information content (AvgIpc) is 2.77. The maximum atomic E-state index is 12.0. The normalized spacial score (nSPS) is 13.7. The molecule has 30 heavy (non-hydrogen) atoms. The molecule has 3 N–H and O–H groups in total. The van der Waals surface area contributed by atoms with Crippen LogP contribution in [0.5, 0.6) is 5.75 Å². The average molecular weight is 405 g/mol. The fourth-order valence-electron chi connectivity index (χ4n) is 3.40. The second-order valence-corrected chi connectivity index (χ2v) is 7.33. The Balaban J connectivity index is 1.40. The molecule has 0 unspecified atom stereocenters. The Morgan fingerprint density at radius 3 is 2.63 bits per heavy atom. The molecule has 2 aromatic carbocycles. The maximum absolute atomic E-state index is 12.0. The molecule has 0 radical (unpaired) electrons. The summed E-state index contributed by atoms with van der Waals surface area (Å²) in [5.41, 5.74) is 2.20. The van der Waals surface area contributed by atoms with Gasteiger partial charge in [-0.3, -0.25) is 4.79 Å². The minimum atomic E-state index is -0.416. The van der Waals surface area contributed by atoms with Crippen molar-refractivity contribution in [2.75, 3.05) is 11.9 Å². The molecule has 0 aromatic heterocycles. The van der Waals surface area contributed by atoms with E-state index in [2.05, 4.69) is 21.9 Å². The van der Waals surface area contributed by atoms with Crippen molar-refractivity contribution in [1.82, 2.24) is 10.6 Å². The highest BCUT2D eigenvalue weighted by Gasteiger charge is 2.15. The molecule has 3 rings (SSSR count). The predicted molar refractivity (Wildman–Crippen MR) is 117 cm³/mol. The van der Waals surface area contributed by atoms with Crippen molar-refractivity contribution in [3.63, 3.8) is 0 Å². The van der Waals surface area contributed by atoms with E-state index in [0.29, 0.717) is 17.8 Å². The highest BCUT2D eigenvalue weighted by atomic mass is 16.5. The SMILES string of the molecule is C#Cc1cccc(NC(=O)CNC(=O)NCc2cccc(OC3CCCCC3)c2)c1. The van der Waals surface area contributed by atoms with Gasteiger partial charge in [0.1, 0.15) is 5.75 Å². The fourth-order valence-corrected chi connectivity index (χ4v) is 3.40. The van der Waals surface area contributed by atoms with Gasteiger partial charge in [0.2, 0.25) is 5.91 Å². The van der Waals surface area contributed by atoms with Crippen molar-refractivity contribution < 1.29 is 14.3 Å². The van der Waals surface area contributed by atoms with Gasteiger partial charge in [0, 0.05) is 17.8 Å². The quantitative estimate of drug-likeness (QED) is 0.613. The Labute approximate surface area is 177 Å². The first kappa shape index (κ1) is 21.3. The highest BCUT2D eigenvalue weighted by Crippen LogP contribution is 2.23. The Kier molecular flexibility index (Phi) is 7.73. The van der Waals surface area contributed by atoms with E-state index < -0.39 is 6.03 Å². The highest BCUT2D eigenvalue weighted by molar-refractivity contribution is 5.94. The molecule has 0 heterocycles. The van der Waals surface area contributed by atoms with Gasteiger partial charge in [-0.15, -0.1) is 6.42 Å².